The maximum Gasteiger partial charge on any atom is 0.143 e. The lowest BCUT2D eigenvalue weighted by Gasteiger charge is -2.30. The van der Waals surface area contributed by atoms with Crippen molar-refractivity contribution in [2.45, 2.75) is 20.5 Å². The number of anilines is 3. The number of fused-ring (bicyclic) bond motifs is 12. The van der Waals surface area contributed by atoms with Gasteiger partial charge >= 0.3 is 0 Å². The third-order valence-electron chi connectivity index (χ3n) is 10.7. The molecular formula is C49H61N3O9S2. The zero-order chi connectivity index (χ0) is 43.6. The first-order chi connectivity index (χ1) is 31.0. The van der Waals surface area contributed by atoms with Crippen LogP contribution in [0.1, 0.15) is 26.4 Å². The Morgan fingerprint density at radius 1 is 0.571 bits per heavy atom. The monoisotopic (exact) mass is 899 g/mol. The van der Waals surface area contributed by atoms with E-state index in [1.165, 1.54) is 4.88 Å². The van der Waals surface area contributed by atoms with Gasteiger partial charge in [-0.25, -0.2) is 0 Å². The largest absolute Gasteiger partial charge is 0.490 e. The fourth-order valence-corrected chi connectivity index (χ4v) is 9.19. The molecule has 2 aliphatic heterocycles. The fourth-order valence-electron chi connectivity index (χ4n) is 7.32. The fraction of sp³-hybridized carbons (Fsp3) is 0.429. The summed E-state index contributed by atoms with van der Waals surface area (Å²) in [6, 6.07) is 27.3. The van der Waals surface area contributed by atoms with Crippen molar-refractivity contribution in [1.82, 2.24) is 0 Å². The van der Waals surface area contributed by atoms with Crippen molar-refractivity contribution in [3.05, 3.63) is 105 Å². The molecule has 0 unspecified atom stereocenters. The molecule has 0 aliphatic carbocycles. The summed E-state index contributed by atoms with van der Waals surface area (Å²) >= 11 is 3.35. The molecule has 0 amide bonds. The summed E-state index contributed by atoms with van der Waals surface area (Å²) in [4.78, 5) is 11.2. The van der Waals surface area contributed by atoms with Crippen molar-refractivity contribution in [1.29, 1.82) is 0 Å². The highest BCUT2D eigenvalue weighted by Crippen LogP contribution is 2.36. The van der Waals surface area contributed by atoms with Gasteiger partial charge in [0.05, 0.1) is 89.6 Å². The van der Waals surface area contributed by atoms with E-state index in [1.807, 2.05) is 6.07 Å². The van der Waals surface area contributed by atoms with Gasteiger partial charge in [0.25, 0.3) is 0 Å². The molecule has 63 heavy (non-hydrogen) atoms. The van der Waals surface area contributed by atoms with Gasteiger partial charge in [0, 0.05) is 46.3 Å². The Labute approximate surface area is 380 Å². The molecule has 5 aromatic rings. The number of hydrogen-bond donors (Lipinski definition) is 1. The molecule has 12 nitrogen and oxygen atoms in total. The Morgan fingerprint density at radius 2 is 1.14 bits per heavy atom. The average Bonchev–Trinajstić information content (AvgIpc) is 3.97. The summed E-state index contributed by atoms with van der Waals surface area (Å²) in [5.74, 6) is 2.34. The van der Waals surface area contributed by atoms with Crippen LogP contribution >= 0.6 is 22.7 Å². The summed E-state index contributed by atoms with van der Waals surface area (Å²) in [6.07, 6.45) is 4.25. The first-order valence-electron chi connectivity index (χ1n) is 21.7. The maximum absolute atomic E-state index is 9.56. The number of methoxy groups -OCH3 is 1. The standard InChI is InChI=1S/C49H61N3O9S2/c1-37-4-11-42-45(32-37)59-24-19-51(43-13-7-39(34-47(43)61-31-26-54-3)6-8-40-9-14-48(62-40)49-15-10-41(35-53)63-49)20-25-60-46-33-38(2)5-12-44(46)52-18-23-57-28-27-55-21-16-50(42)17-22-56-29-30-58-36-52/h4-15,32-34,53H,16-31,35-36H2,1-3H3/b8-6+. The van der Waals surface area contributed by atoms with Crippen molar-refractivity contribution >= 4 is 51.9 Å². The third kappa shape index (κ3) is 13.7. The van der Waals surface area contributed by atoms with Gasteiger partial charge in [0.15, 0.2) is 0 Å². The van der Waals surface area contributed by atoms with Crippen LogP contribution in [0.15, 0.2) is 78.9 Å². The Balaban J connectivity index is 1.20. The lowest BCUT2D eigenvalue weighted by Crippen LogP contribution is -2.34. The van der Waals surface area contributed by atoms with E-state index >= 15 is 0 Å². The second kappa shape index (κ2) is 24.4. The van der Waals surface area contributed by atoms with E-state index in [0.29, 0.717) is 112 Å². The number of rotatable bonds is 9. The van der Waals surface area contributed by atoms with Gasteiger partial charge in [-0.05, 0) is 97.3 Å². The van der Waals surface area contributed by atoms with Gasteiger partial charge in [-0.2, -0.15) is 0 Å². The first kappa shape index (κ1) is 46.4. The highest BCUT2D eigenvalue weighted by atomic mass is 32.1. The third-order valence-corrected chi connectivity index (χ3v) is 13.0. The van der Waals surface area contributed by atoms with E-state index in [4.69, 9.17) is 37.9 Å². The number of aliphatic hydroxyl groups is 1. The molecule has 0 spiro atoms. The van der Waals surface area contributed by atoms with Crippen LogP contribution in [-0.4, -0.2) is 124 Å². The van der Waals surface area contributed by atoms with Crippen LogP contribution in [-0.2, 0) is 30.3 Å². The molecule has 338 valence electrons. The molecule has 0 saturated carbocycles. The van der Waals surface area contributed by atoms with Gasteiger partial charge < -0.3 is 57.7 Å². The van der Waals surface area contributed by atoms with Gasteiger partial charge in [-0.1, -0.05) is 24.3 Å². The predicted molar refractivity (Wildman–Crippen MR) is 255 cm³/mol. The van der Waals surface area contributed by atoms with Crippen molar-refractivity contribution in [2.24, 2.45) is 0 Å². The molecule has 2 bridgehead atoms. The number of aryl methyl sites for hydroxylation is 2. The topological polar surface area (TPSA) is 104 Å². The Morgan fingerprint density at radius 3 is 1.79 bits per heavy atom. The Kier molecular flexibility index (Phi) is 18.0. The highest BCUT2D eigenvalue weighted by Gasteiger charge is 2.20. The van der Waals surface area contributed by atoms with Gasteiger partial charge in [0.2, 0.25) is 0 Å². The van der Waals surface area contributed by atoms with E-state index < -0.39 is 0 Å². The summed E-state index contributed by atoms with van der Waals surface area (Å²) in [6.45, 7) is 12.8. The van der Waals surface area contributed by atoms with Crippen LogP contribution in [0.2, 0.25) is 0 Å². The molecular weight excluding hydrogens is 839 g/mol. The van der Waals surface area contributed by atoms with E-state index in [1.54, 1.807) is 29.8 Å². The second-order valence-electron chi connectivity index (χ2n) is 15.3. The van der Waals surface area contributed by atoms with Crippen molar-refractivity contribution < 1.29 is 43.0 Å². The molecule has 0 atom stereocenters. The van der Waals surface area contributed by atoms with Crippen LogP contribution < -0.4 is 28.9 Å². The SMILES string of the molecule is COCCOc1cc(/C=C/c2ccc(-c3ccc(CO)s3)s2)ccc1N1CCOc2cc(C)ccc2N2CCOCCOCCN(COCCOCC2)c2ccc(C)cc2OCC1. The van der Waals surface area contributed by atoms with Crippen LogP contribution in [0.25, 0.3) is 21.9 Å². The Hall–Kier alpha value is -4.64. The molecule has 7 rings (SSSR count). The lowest BCUT2D eigenvalue weighted by molar-refractivity contribution is 0.0445. The number of thiophene rings is 2. The maximum atomic E-state index is 9.56. The van der Waals surface area contributed by atoms with Gasteiger partial charge in [-0.15, -0.1) is 22.7 Å². The van der Waals surface area contributed by atoms with Crippen LogP contribution in [0.3, 0.4) is 0 Å². The lowest BCUT2D eigenvalue weighted by atomic mass is 10.1. The number of nitrogens with zero attached hydrogens (tertiary/aromatic N) is 3. The summed E-state index contributed by atoms with van der Waals surface area (Å²) in [5, 5.41) is 9.56. The van der Waals surface area contributed by atoms with Crippen molar-refractivity contribution in [3.8, 4) is 27.0 Å². The molecule has 1 fully saturated rings. The average molecular weight is 900 g/mol. The quantitative estimate of drug-likeness (QED) is 0.114. The second-order valence-corrected chi connectivity index (χ2v) is 17.6. The zero-order valence-corrected chi connectivity index (χ0v) is 38.4. The first-order valence-corrected chi connectivity index (χ1v) is 23.4. The van der Waals surface area contributed by atoms with E-state index in [2.05, 4.69) is 113 Å². The zero-order valence-electron chi connectivity index (χ0n) is 36.8. The van der Waals surface area contributed by atoms with Gasteiger partial charge in [0.1, 0.15) is 43.8 Å². The molecule has 0 radical (unpaired) electrons. The molecule has 1 saturated heterocycles. The van der Waals surface area contributed by atoms with Crippen LogP contribution in [0.5, 0.6) is 17.2 Å². The van der Waals surface area contributed by atoms with E-state index in [-0.39, 0.29) is 6.61 Å². The molecule has 2 aromatic heterocycles. The van der Waals surface area contributed by atoms with Crippen molar-refractivity contribution in [2.75, 3.05) is 134 Å². The molecule has 14 heteroatoms. The smallest absolute Gasteiger partial charge is 0.143 e. The summed E-state index contributed by atoms with van der Waals surface area (Å²) in [5.41, 5.74) is 6.09. The van der Waals surface area contributed by atoms with Crippen LogP contribution in [0, 0.1) is 13.8 Å². The highest BCUT2D eigenvalue weighted by molar-refractivity contribution is 7.22. The number of benzene rings is 3. The minimum absolute atomic E-state index is 0.0578. The summed E-state index contributed by atoms with van der Waals surface area (Å²) < 4.78 is 49.8. The molecule has 3 aromatic carbocycles. The normalized spacial score (nSPS) is 16.7. The van der Waals surface area contributed by atoms with Gasteiger partial charge in [-0.3, -0.25) is 0 Å². The Bertz CT molecular complexity index is 2120. The van der Waals surface area contributed by atoms with E-state index in [0.717, 1.165) is 65.6 Å². The van der Waals surface area contributed by atoms with Crippen LogP contribution in [0.4, 0.5) is 17.1 Å². The minimum atomic E-state index is 0.0578. The number of aliphatic hydroxyl groups excluding tert-OH is 1. The minimum Gasteiger partial charge on any atom is -0.490 e. The molecule has 1 N–H and O–H groups in total. The molecule has 2 aliphatic rings. The summed E-state index contributed by atoms with van der Waals surface area (Å²) in [7, 11) is 1.68. The van der Waals surface area contributed by atoms with E-state index in [9.17, 15) is 5.11 Å². The molecule has 4 heterocycles. The van der Waals surface area contributed by atoms with Crippen molar-refractivity contribution in [3.63, 3.8) is 0 Å². The number of ether oxygens (including phenoxy) is 8. The number of hydrogen-bond acceptors (Lipinski definition) is 14. The predicted octanol–water partition coefficient (Wildman–Crippen LogP) is 8.41.